The van der Waals surface area contributed by atoms with Crippen molar-refractivity contribution in [3.05, 3.63) is 52.5 Å². The smallest absolute Gasteiger partial charge is 0.0503 e. The van der Waals surface area contributed by atoms with E-state index < -0.39 is 0 Å². The Bertz CT molecular complexity index is 540. The summed E-state index contributed by atoms with van der Waals surface area (Å²) in [7, 11) is 1.70. The van der Waals surface area contributed by atoms with Crippen molar-refractivity contribution in [2.45, 2.75) is 6.42 Å². The van der Waals surface area contributed by atoms with Crippen molar-refractivity contribution in [1.82, 2.24) is 0 Å². The number of anilines is 1. The van der Waals surface area contributed by atoms with Gasteiger partial charge < -0.3 is 10.5 Å². The molecule has 0 aliphatic rings. The first-order valence-electron chi connectivity index (χ1n) is 5.84. The fraction of sp³-hybridized carbons (Fsp3) is 0.200. The van der Waals surface area contributed by atoms with E-state index in [2.05, 4.69) is 34.1 Å². The fourth-order valence-corrected chi connectivity index (χ4v) is 2.35. The Balaban J connectivity index is 2.39. The van der Waals surface area contributed by atoms with Crippen LogP contribution in [0.1, 0.15) is 5.56 Å². The van der Waals surface area contributed by atoms with E-state index in [4.69, 9.17) is 10.5 Å². The summed E-state index contributed by atoms with van der Waals surface area (Å²) >= 11 is 3.48. The lowest BCUT2D eigenvalue weighted by molar-refractivity contribution is 0.202. The zero-order valence-electron chi connectivity index (χ0n) is 10.3. The van der Waals surface area contributed by atoms with Gasteiger partial charge in [-0.2, -0.15) is 0 Å². The lowest BCUT2D eigenvalue weighted by atomic mass is 9.99. The van der Waals surface area contributed by atoms with Crippen LogP contribution in [-0.4, -0.2) is 13.7 Å². The van der Waals surface area contributed by atoms with Gasteiger partial charge in [0.2, 0.25) is 0 Å². The number of nitrogens with two attached hydrogens (primary N) is 1. The molecule has 0 aliphatic heterocycles. The summed E-state index contributed by atoms with van der Waals surface area (Å²) in [6, 6.07) is 14.3. The average Bonchev–Trinajstić information content (AvgIpc) is 2.37. The van der Waals surface area contributed by atoms with Crippen LogP contribution in [0.5, 0.6) is 0 Å². The van der Waals surface area contributed by atoms with Gasteiger partial charge >= 0.3 is 0 Å². The third-order valence-corrected chi connectivity index (χ3v) is 3.40. The first kappa shape index (κ1) is 13.1. The van der Waals surface area contributed by atoms with Crippen LogP contribution in [0.2, 0.25) is 0 Å². The fourth-order valence-electron chi connectivity index (χ4n) is 1.95. The molecular weight excluding hydrogens is 290 g/mol. The van der Waals surface area contributed by atoms with E-state index in [1.807, 2.05) is 24.3 Å². The quantitative estimate of drug-likeness (QED) is 0.870. The molecule has 18 heavy (non-hydrogen) atoms. The van der Waals surface area contributed by atoms with E-state index in [9.17, 15) is 0 Å². The molecule has 0 saturated heterocycles. The summed E-state index contributed by atoms with van der Waals surface area (Å²) in [5.74, 6) is 0. The lowest BCUT2D eigenvalue weighted by Gasteiger charge is -2.11. The molecule has 3 heteroatoms. The zero-order chi connectivity index (χ0) is 13.0. The van der Waals surface area contributed by atoms with E-state index in [0.717, 1.165) is 33.3 Å². The molecule has 0 amide bonds. The Hall–Kier alpha value is -1.32. The number of hydrogen-bond donors (Lipinski definition) is 1. The molecule has 0 radical (unpaired) electrons. The molecule has 0 bridgehead atoms. The molecule has 0 unspecified atom stereocenters. The zero-order valence-corrected chi connectivity index (χ0v) is 11.9. The second kappa shape index (κ2) is 6.03. The van der Waals surface area contributed by atoms with Crippen LogP contribution in [0.3, 0.4) is 0 Å². The Labute approximate surface area is 116 Å². The first-order valence-corrected chi connectivity index (χ1v) is 6.64. The third-order valence-electron chi connectivity index (χ3n) is 2.91. The van der Waals surface area contributed by atoms with E-state index in [1.165, 1.54) is 0 Å². The van der Waals surface area contributed by atoms with E-state index in [1.54, 1.807) is 7.11 Å². The van der Waals surface area contributed by atoms with Gasteiger partial charge in [0.1, 0.15) is 0 Å². The molecule has 2 rings (SSSR count). The van der Waals surface area contributed by atoms with Gasteiger partial charge in [0.25, 0.3) is 0 Å². The first-order chi connectivity index (χ1) is 8.72. The molecule has 2 aromatic carbocycles. The highest BCUT2D eigenvalue weighted by Crippen LogP contribution is 2.30. The van der Waals surface area contributed by atoms with Crippen molar-refractivity contribution in [1.29, 1.82) is 0 Å². The van der Waals surface area contributed by atoms with Crippen LogP contribution in [0.15, 0.2) is 46.9 Å². The molecule has 0 fully saturated rings. The Morgan fingerprint density at radius 3 is 2.67 bits per heavy atom. The number of hydrogen-bond acceptors (Lipinski definition) is 2. The highest BCUT2D eigenvalue weighted by atomic mass is 79.9. The maximum atomic E-state index is 6.24. The third kappa shape index (κ3) is 2.92. The molecule has 0 aromatic heterocycles. The Kier molecular flexibility index (Phi) is 4.39. The number of rotatable bonds is 4. The molecule has 2 aromatic rings. The van der Waals surface area contributed by atoms with Gasteiger partial charge in [-0.05, 0) is 29.7 Å². The van der Waals surface area contributed by atoms with Crippen LogP contribution >= 0.6 is 15.9 Å². The standard InChI is InChI=1S/C15H16BrNO/c1-18-9-8-11-4-3-7-14(15(11)17)12-5-2-6-13(16)10-12/h2-7,10H,8-9,17H2,1H3. The average molecular weight is 306 g/mol. The lowest BCUT2D eigenvalue weighted by Crippen LogP contribution is -2.01. The summed E-state index contributed by atoms with van der Waals surface area (Å²) in [6.07, 6.45) is 0.837. The molecule has 0 saturated carbocycles. The number of halogens is 1. The van der Waals surface area contributed by atoms with Crippen LogP contribution in [0, 0.1) is 0 Å². The maximum absolute atomic E-state index is 6.24. The van der Waals surface area contributed by atoms with Crippen molar-refractivity contribution in [3.63, 3.8) is 0 Å². The number of benzene rings is 2. The summed E-state index contributed by atoms with van der Waals surface area (Å²) in [5, 5.41) is 0. The van der Waals surface area contributed by atoms with Gasteiger partial charge in [-0.3, -0.25) is 0 Å². The van der Waals surface area contributed by atoms with Crippen LogP contribution in [0.4, 0.5) is 5.69 Å². The molecule has 0 aliphatic carbocycles. The highest BCUT2D eigenvalue weighted by Gasteiger charge is 2.07. The van der Waals surface area contributed by atoms with Crippen molar-refractivity contribution < 1.29 is 4.74 Å². The van der Waals surface area contributed by atoms with Crippen molar-refractivity contribution in [2.75, 3.05) is 19.5 Å². The van der Waals surface area contributed by atoms with Crippen molar-refractivity contribution in [2.24, 2.45) is 0 Å². The van der Waals surface area contributed by atoms with Crippen LogP contribution < -0.4 is 5.73 Å². The minimum absolute atomic E-state index is 0.687. The largest absolute Gasteiger partial charge is 0.398 e. The monoisotopic (exact) mass is 305 g/mol. The van der Waals surface area contributed by atoms with Gasteiger partial charge in [0, 0.05) is 22.8 Å². The predicted molar refractivity (Wildman–Crippen MR) is 79.6 cm³/mol. The Morgan fingerprint density at radius 1 is 1.17 bits per heavy atom. The van der Waals surface area contributed by atoms with Gasteiger partial charge in [-0.1, -0.05) is 46.3 Å². The van der Waals surface area contributed by atoms with E-state index >= 15 is 0 Å². The minimum atomic E-state index is 0.687. The molecule has 0 spiro atoms. The second-order valence-corrected chi connectivity index (χ2v) is 5.05. The number of methoxy groups -OCH3 is 1. The molecule has 2 nitrogen and oxygen atoms in total. The van der Waals surface area contributed by atoms with Crippen molar-refractivity contribution in [3.8, 4) is 11.1 Å². The number of nitrogen functional groups attached to an aromatic ring is 1. The Morgan fingerprint density at radius 2 is 1.94 bits per heavy atom. The van der Waals surface area contributed by atoms with Crippen LogP contribution in [-0.2, 0) is 11.2 Å². The molecule has 94 valence electrons. The van der Waals surface area contributed by atoms with Crippen molar-refractivity contribution >= 4 is 21.6 Å². The second-order valence-electron chi connectivity index (χ2n) is 4.13. The summed E-state index contributed by atoms with van der Waals surface area (Å²) < 4.78 is 6.16. The molecule has 0 heterocycles. The van der Waals surface area contributed by atoms with E-state index in [0.29, 0.717) is 6.61 Å². The maximum Gasteiger partial charge on any atom is 0.0503 e. The number of para-hydroxylation sites is 1. The van der Waals surface area contributed by atoms with Gasteiger partial charge in [-0.15, -0.1) is 0 Å². The SMILES string of the molecule is COCCc1cccc(-c2cccc(Br)c2)c1N. The van der Waals surface area contributed by atoms with Gasteiger partial charge in [-0.25, -0.2) is 0 Å². The predicted octanol–water partition coefficient (Wildman–Crippen LogP) is 3.89. The van der Waals surface area contributed by atoms with Crippen LogP contribution in [0.25, 0.3) is 11.1 Å². The van der Waals surface area contributed by atoms with E-state index in [-0.39, 0.29) is 0 Å². The van der Waals surface area contributed by atoms with Gasteiger partial charge in [0.05, 0.1) is 6.61 Å². The molecule has 2 N–H and O–H groups in total. The summed E-state index contributed by atoms with van der Waals surface area (Å²) in [4.78, 5) is 0. The summed E-state index contributed by atoms with van der Waals surface area (Å²) in [5.41, 5.74) is 10.4. The highest BCUT2D eigenvalue weighted by molar-refractivity contribution is 9.10. The molecular formula is C15H16BrNO. The molecule has 0 atom stereocenters. The number of ether oxygens (including phenoxy) is 1. The van der Waals surface area contributed by atoms with Gasteiger partial charge in [0.15, 0.2) is 0 Å². The normalized spacial score (nSPS) is 10.6. The summed E-state index contributed by atoms with van der Waals surface area (Å²) in [6.45, 7) is 0.687. The topological polar surface area (TPSA) is 35.2 Å². The minimum Gasteiger partial charge on any atom is -0.398 e.